The molecule has 1 saturated heterocycles. The van der Waals surface area contributed by atoms with Crippen LogP contribution in [0.1, 0.15) is 22.7 Å². The van der Waals surface area contributed by atoms with Gasteiger partial charge >= 0.3 is 0 Å². The van der Waals surface area contributed by atoms with Crippen molar-refractivity contribution in [2.24, 2.45) is 0 Å². The number of nitrogens with zero attached hydrogens (tertiary/aromatic N) is 1. The van der Waals surface area contributed by atoms with Crippen LogP contribution in [-0.2, 0) is 16.0 Å². The third-order valence-electron chi connectivity index (χ3n) is 6.59. The summed E-state index contributed by atoms with van der Waals surface area (Å²) < 4.78 is 10.7. The van der Waals surface area contributed by atoms with E-state index in [4.69, 9.17) is 9.47 Å². The molecule has 36 heavy (non-hydrogen) atoms. The van der Waals surface area contributed by atoms with E-state index in [1.165, 1.54) is 4.90 Å². The molecule has 7 heteroatoms. The Bertz CT molecular complexity index is 1470. The summed E-state index contributed by atoms with van der Waals surface area (Å²) in [6, 6.07) is 21.7. The standard InChI is InChI=1S/C29H26N2O5/c1-35-23-13-12-18(16-24(23)36-2)14-15-31-26(19-8-4-3-5-9-19)25(28(33)29(31)34)27(32)21-17-30-22-11-7-6-10-20(21)22/h3-13,16-17,26,30,32H,14-15H2,1-2H3/b27-25-. The van der Waals surface area contributed by atoms with E-state index in [1.54, 1.807) is 20.4 Å². The maximum atomic E-state index is 13.3. The third kappa shape index (κ3) is 3.98. The highest BCUT2D eigenvalue weighted by atomic mass is 16.5. The first-order valence-electron chi connectivity index (χ1n) is 11.6. The van der Waals surface area contributed by atoms with Crippen molar-refractivity contribution in [2.75, 3.05) is 20.8 Å². The molecule has 0 saturated carbocycles. The number of aromatic amines is 1. The molecular formula is C29H26N2O5. The van der Waals surface area contributed by atoms with Gasteiger partial charge in [0.1, 0.15) is 5.76 Å². The summed E-state index contributed by atoms with van der Waals surface area (Å²) in [4.78, 5) is 31.2. The average Bonchev–Trinajstić information content (AvgIpc) is 3.46. The van der Waals surface area contributed by atoms with E-state index in [0.717, 1.165) is 22.0 Å². The fraction of sp³-hybridized carbons (Fsp3) is 0.172. The number of nitrogens with one attached hydrogen (secondary N) is 1. The van der Waals surface area contributed by atoms with Crippen molar-refractivity contribution in [3.05, 3.63) is 101 Å². The zero-order valence-corrected chi connectivity index (χ0v) is 20.0. The van der Waals surface area contributed by atoms with E-state index in [0.29, 0.717) is 23.5 Å². The van der Waals surface area contributed by atoms with E-state index in [9.17, 15) is 14.7 Å². The molecule has 5 rings (SSSR count). The summed E-state index contributed by atoms with van der Waals surface area (Å²) >= 11 is 0. The van der Waals surface area contributed by atoms with Gasteiger partial charge in [0.05, 0.1) is 25.8 Å². The number of aromatic nitrogens is 1. The highest BCUT2D eigenvalue weighted by Crippen LogP contribution is 2.40. The molecule has 2 heterocycles. The van der Waals surface area contributed by atoms with Crippen LogP contribution in [0, 0.1) is 0 Å². The normalized spacial score (nSPS) is 17.1. The Kier molecular flexibility index (Phi) is 6.21. The summed E-state index contributed by atoms with van der Waals surface area (Å²) in [5.74, 6) is -0.307. The third-order valence-corrected chi connectivity index (χ3v) is 6.59. The van der Waals surface area contributed by atoms with Crippen LogP contribution in [0.15, 0.2) is 84.6 Å². The first-order valence-corrected chi connectivity index (χ1v) is 11.6. The number of benzene rings is 3. The number of ketones is 1. The number of H-pyrrole nitrogens is 1. The molecule has 0 aliphatic carbocycles. The van der Waals surface area contributed by atoms with Gasteiger partial charge in [-0.3, -0.25) is 9.59 Å². The van der Waals surface area contributed by atoms with E-state index in [2.05, 4.69) is 4.98 Å². The number of fused-ring (bicyclic) bond motifs is 1. The van der Waals surface area contributed by atoms with Crippen molar-refractivity contribution >= 4 is 28.4 Å². The summed E-state index contributed by atoms with van der Waals surface area (Å²) in [7, 11) is 3.14. The van der Waals surface area contributed by atoms with Gasteiger partial charge in [-0.1, -0.05) is 54.6 Å². The molecule has 0 spiro atoms. The van der Waals surface area contributed by atoms with Crippen molar-refractivity contribution in [1.29, 1.82) is 0 Å². The van der Waals surface area contributed by atoms with E-state index in [-0.39, 0.29) is 17.9 Å². The maximum absolute atomic E-state index is 13.3. The van der Waals surface area contributed by atoms with Gasteiger partial charge in [0.25, 0.3) is 11.7 Å². The second-order valence-electron chi connectivity index (χ2n) is 8.59. The molecule has 1 aliphatic heterocycles. The molecule has 1 aromatic heterocycles. The molecule has 1 atom stereocenters. The summed E-state index contributed by atoms with van der Waals surface area (Å²) in [5.41, 5.74) is 3.09. The zero-order chi connectivity index (χ0) is 25.2. The Morgan fingerprint density at radius 2 is 1.67 bits per heavy atom. The average molecular weight is 483 g/mol. The molecule has 1 fully saturated rings. The predicted molar refractivity (Wildman–Crippen MR) is 137 cm³/mol. The molecule has 7 nitrogen and oxygen atoms in total. The van der Waals surface area contributed by atoms with Crippen LogP contribution in [0.2, 0.25) is 0 Å². The monoisotopic (exact) mass is 482 g/mol. The van der Waals surface area contributed by atoms with Crippen LogP contribution in [-0.4, -0.2) is 47.4 Å². The van der Waals surface area contributed by atoms with Crippen LogP contribution in [0.4, 0.5) is 0 Å². The van der Waals surface area contributed by atoms with Crippen molar-refractivity contribution in [2.45, 2.75) is 12.5 Å². The van der Waals surface area contributed by atoms with Crippen molar-refractivity contribution in [3.63, 3.8) is 0 Å². The van der Waals surface area contributed by atoms with Gasteiger partial charge in [0, 0.05) is 29.2 Å². The minimum atomic E-state index is -0.708. The number of amides is 1. The molecule has 0 radical (unpaired) electrons. The van der Waals surface area contributed by atoms with Gasteiger partial charge in [-0.2, -0.15) is 0 Å². The van der Waals surface area contributed by atoms with Gasteiger partial charge in [-0.25, -0.2) is 0 Å². The van der Waals surface area contributed by atoms with E-state index in [1.807, 2.05) is 72.8 Å². The highest BCUT2D eigenvalue weighted by Gasteiger charge is 2.46. The Labute approximate surface area is 208 Å². The number of ether oxygens (including phenoxy) is 2. The molecule has 0 bridgehead atoms. The van der Waals surface area contributed by atoms with Crippen molar-refractivity contribution in [1.82, 2.24) is 9.88 Å². The maximum Gasteiger partial charge on any atom is 0.295 e. The smallest absolute Gasteiger partial charge is 0.295 e. The first kappa shape index (κ1) is 23.2. The molecule has 2 N–H and O–H groups in total. The number of para-hydroxylation sites is 1. The van der Waals surface area contributed by atoms with Crippen LogP contribution in [0.25, 0.3) is 16.7 Å². The van der Waals surface area contributed by atoms with E-state index < -0.39 is 17.7 Å². The fourth-order valence-electron chi connectivity index (χ4n) is 4.79. The largest absolute Gasteiger partial charge is 0.507 e. The van der Waals surface area contributed by atoms with E-state index >= 15 is 0 Å². The summed E-state index contributed by atoms with van der Waals surface area (Å²) in [5, 5.41) is 12.2. The Balaban J connectivity index is 1.55. The molecular weight excluding hydrogens is 456 g/mol. The number of likely N-dealkylation sites (tertiary alicyclic amines) is 1. The Hall–Kier alpha value is -4.52. The molecule has 182 valence electrons. The lowest BCUT2D eigenvalue weighted by Crippen LogP contribution is -2.31. The van der Waals surface area contributed by atoms with Gasteiger partial charge in [0.15, 0.2) is 11.5 Å². The van der Waals surface area contributed by atoms with Crippen LogP contribution in [0.3, 0.4) is 0 Å². The second kappa shape index (κ2) is 9.62. The SMILES string of the molecule is COc1ccc(CCN2C(=O)C(=O)/C(=C(\O)c3c[nH]c4ccccc34)C2c2ccccc2)cc1OC. The molecule has 3 aromatic carbocycles. The van der Waals surface area contributed by atoms with Crippen molar-refractivity contribution < 1.29 is 24.2 Å². The number of methoxy groups -OCH3 is 2. The number of carbonyl (C=O) groups is 2. The number of Topliss-reactive ketones (excluding diaryl/α,β-unsaturated/α-hetero) is 1. The molecule has 1 unspecified atom stereocenters. The quantitative estimate of drug-likeness (QED) is 0.223. The Morgan fingerprint density at radius 1 is 0.944 bits per heavy atom. The number of aliphatic hydroxyl groups is 1. The summed E-state index contributed by atoms with van der Waals surface area (Å²) in [6.07, 6.45) is 2.16. The number of aliphatic hydroxyl groups excluding tert-OH is 1. The number of rotatable bonds is 7. The number of hydrogen-bond acceptors (Lipinski definition) is 5. The minimum absolute atomic E-state index is 0.0864. The lowest BCUT2D eigenvalue weighted by molar-refractivity contribution is -0.139. The van der Waals surface area contributed by atoms with Gasteiger partial charge in [-0.15, -0.1) is 0 Å². The number of carbonyl (C=O) groups excluding carboxylic acids is 2. The van der Waals surface area contributed by atoms with Crippen molar-refractivity contribution in [3.8, 4) is 11.5 Å². The lowest BCUT2D eigenvalue weighted by atomic mass is 9.95. The van der Waals surface area contributed by atoms with Gasteiger partial charge < -0.3 is 24.5 Å². The van der Waals surface area contributed by atoms with Crippen LogP contribution >= 0.6 is 0 Å². The molecule has 1 aliphatic rings. The first-order chi connectivity index (χ1) is 17.5. The second-order valence-corrected chi connectivity index (χ2v) is 8.59. The predicted octanol–water partition coefficient (Wildman–Crippen LogP) is 4.85. The fourth-order valence-corrected chi connectivity index (χ4v) is 4.79. The molecule has 4 aromatic rings. The van der Waals surface area contributed by atoms with Gasteiger partial charge in [-0.05, 0) is 35.7 Å². The highest BCUT2D eigenvalue weighted by molar-refractivity contribution is 6.46. The summed E-state index contributed by atoms with van der Waals surface area (Å²) in [6.45, 7) is 0.282. The Morgan fingerprint density at radius 3 is 2.42 bits per heavy atom. The topological polar surface area (TPSA) is 91.9 Å². The molecule has 1 amide bonds. The zero-order valence-electron chi connectivity index (χ0n) is 20.0. The number of hydrogen-bond donors (Lipinski definition) is 2. The van der Waals surface area contributed by atoms with Crippen LogP contribution < -0.4 is 9.47 Å². The van der Waals surface area contributed by atoms with Crippen LogP contribution in [0.5, 0.6) is 11.5 Å². The lowest BCUT2D eigenvalue weighted by Gasteiger charge is -2.25. The minimum Gasteiger partial charge on any atom is -0.507 e. The van der Waals surface area contributed by atoms with Gasteiger partial charge in [0.2, 0.25) is 0 Å².